The number of aryl methyl sites for hydroxylation is 1. The van der Waals surface area contributed by atoms with E-state index in [-0.39, 0.29) is 21.5 Å². The summed E-state index contributed by atoms with van der Waals surface area (Å²) in [6.07, 6.45) is 0. The monoisotopic (exact) mass is 382 g/mol. The van der Waals surface area contributed by atoms with Crippen LogP contribution in [0.25, 0.3) is 0 Å². The minimum atomic E-state index is -3.72. The molecule has 0 aliphatic rings. The van der Waals surface area contributed by atoms with Crippen molar-refractivity contribution >= 4 is 38.7 Å². The molecule has 0 aliphatic heterocycles. The second-order valence-electron chi connectivity index (χ2n) is 5.03. The third-order valence-electron chi connectivity index (χ3n) is 3.08. The molecule has 25 heavy (non-hydrogen) atoms. The van der Waals surface area contributed by atoms with Crippen LogP contribution in [0.5, 0.6) is 0 Å². The summed E-state index contributed by atoms with van der Waals surface area (Å²) in [4.78, 5) is 0.873. The zero-order valence-electron chi connectivity index (χ0n) is 12.8. The highest BCUT2D eigenvalue weighted by atomic mass is 32.2. The Hall–Kier alpha value is -2.59. The first-order valence-electron chi connectivity index (χ1n) is 6.98. The molecule has 0 fully saturated rings. The molecule has 0 unspecified atom stereocenters. The maximum absolute atomic E-state index is 13.2. The predicted molar refractivity (Wildman–Crippen MR) is 91.5 cm³/mol. The van der Waals surface area contributed by atoms with Crippen molar-refractivity contribution < 1.29 is 17.2 Å². The van der Waals surface area contributed by atoms with Gasteiger partial charge in [-0.2, -0.15) is 0 Å². The fourth-order valence-corrected chi connectivity index (χ4v) is 4.20. The Labute approximate surface area is 146 Å². The van der Waals surface area contributed by atoms with E-state index in [2.05, 4.69) is 20.2 Å². The average Bonchev–Trinajstić information content (AvgIpc) is 3.00. The van der Waals surface area contributed by atoms with Crippen molar-refractivity contribution in [3.63, 3.8) is 0 Å². The topological polar surface area (TPSA) is 84.0 Å². The summed E-state index contributed by atoms with van der Waals surface area (Å²) in [6.45, 7) is 1.81. The third-order valence-corrected chi connectivity index (χ3v) is 5.92. The van der Waals surface area contributed by atoms with Gasteiger partial charge in [0, 0.05) is 16.6 Å². The molecule has 6 nitrogen and oxygen atoms in total. The Bertz CT molecular complexity index is 1000. The summed E-state index contributed by atoms with van der Waals surface area (Å²) in [5.74, 6) is -1.65. The lowest BCUT2D eigenvalue weighted by Crippen LogP contribution is -2.13. The first-order chi connectivity index (χ1) is 11.8. The smallest absolute Gasteiger partial charge is 0.272 e. The lowest BCUT2D eigenvalue weighted by atomic mass is 10.3. The summed E-state index contributed by atoms with van der Waals surface area (Å²) in [7, 11) is -3.72. The van der Waals surface area contributed by atoms with Crippen molar-refractivity contribution in [1.29, 1.82) is 0 Å². The number of halogens is 2. The standard InChI is InChI=1S/C15H12F2N4O2S2/c1-9-2-7-15(24-9)25(22,23)21-14-6-5-13(19-20-14)18-10-3-4-11(16)12(17)8-10/h2-8H,1H3,(H,18,19)(H,20,21). The normalized spacial score (nSPS) is 11.3. The molecule has 0 saturated heterocycles. The lowest BCUT2D eigenvalue weighted by molar-refractivity contribution is 0.509. The molecule has 0 radical (unpaired) electrons. The molecule has 3 aromatic rings. The van der Waals surface area contributed by atoms with E-state index in [0.717, 1.165) is 28.3 Å². The number of hydrogen-bond donors (Lipinski definition) is 2. The lowest BCUT2D eigenvalue weighted by Gasteiger charge is -2.07. The average molecular weight is 382 g/mol. The molecular formula is C15H12F2N4O2S2. The van der Waals surface area contributed by atoms with Crippen LogP contribution in [-0.2, 0) is 10.0 Å². The molecule has 10 heteroatoms. The van der Waals surface area contributed by atoms with Crippen LogP contribution < -0.4 is 10.0 Å². The van der Waals surface area contributed by atoms with E-state index in [4.69, 9.17) is 0 Å². The van der Waals surface area contributed by atoms with E-state index >= 15 is 0 Å². The fraction of sp³-hybridized carbons (Fsp3) is 0.0667. The van der Waals surface area contributed by atoms with Gasteiger partial charge in [-0.15, -0.1) is 21.5 Å². The highest BCUT2D eigenvalue weighted by Gasteiger charge is 2.17. The van der Waals surface area contributed by atoms with Crippen LogP contribution >= 0.6 is 11.3 Å². The second kappa shape index (κ2) is 6.73. The highest BCUT2D eigenvalue weighted by Crippen LogP contribution is 2.23. The number of nitrogens with one attached hydrogen (secondary N) is 2. The van der Waals surface area contributed by atoms with E-state index in [1.807, 2.05) is 6.92 Å². The molecule has 2 N–H and O–H groups in total. The van der Waals surface area contributed by atoms with Crippen LogP contribution in [0.2, 0.25) is 0 Å². The Morgan fingerprint density at radius 3 is 2.28 bits per heavy atom. The van der Waals surface area contributed by atoms with Gasteiger partial charge >= 0.3 is 0 Å². The zero-order valence-corrected chi connectivity index (χ0v) is 14.5. The Kier molecular flexibility index (Phi) is 4.64. The van der Waals surface area contributed by atoms with Crippen molar-refractivity contribution in [1.82, 2.24) is 10.2 Å². The van der Waals surface area contributed by atoms with Crippen molar-refractivity contribution in [2.45, 2.75) is 11.1 Å². The quantitative estimate of drug-likeness (QED) is 0.703. The number of benzene rings is 1. The van der Waals surface area contributed by atoms with Crippen LogP contribution in [0.3, 0.4) is 0 Å². The first-order valence-corrected chi connectivity index (χ1v) is 9.28. The molecular weight excluding hydrogens is 370 g/mol. The maximum atomic E-state index is 13.2. The van der Waals surface area contributed by atoms with Crippen molar-refractivity contribution in [2.24, 2.45) is 0 Å². The molecule has 0 saturated carbocycles. The Morgan fingerprint density at radius 1 is 0.960 bits per heavy atom. The van der Waals surface area contributed by atoms with Gasteiger partial charge in [0.15, 0.2) is 23.3 Å². The van der Waals surface area contributed by atoms with E-state index in [1.54, 1.807) is 6.07 Å². The van der Waals surface area contributed by atoms with Gasteiger partial charge in [0.25, 0.3) is 10.0 Å². The van der Waals surface area contributed by atoms with Gasteiger partial charge in [0.05, 0.1) is 0 Å². The summed E-state index contributed by atoms with van der Waals surface area (Å²) < 4.78 is 53.0. The van der Waals surface area contributed by atoms with Crippen LogP contribution in [0.4, 0.5) is 26.1 Å². The van der Waals surface area contributed by atoms with Gasteiger partial charge < -0.3 is 5.32 Å². The molecule has 3 rings (SSSR count). The summed E-state index contributed by atoms with van der Waals surface area (Å²) in [5.41, 5.74) is 0.288. The summed E-state index contributed by atoms with van der Waals surface area (Å²) in [5, 5.41) is 10.3. The Balaban J connectivity index is 1.72. The molecule has 0 amide bonds. The van der Waals surface area contributed by atoms with E-state index < -0.39 is 21.7 Å². The summed E-state index contributed by atoms with van der Waals surface area (Å²) in [6, 6.07) is 9.40. The third kappa shape index (κ3) is 4.09. The van der Waals surface area contributed by atoms with Crippen LogP contribution in [0.1, 0.15) is 4.88 Å². The van der Waals surface area contributed by atoms with Crippen LogP contribution in [-0.4, -0.2) is 18.6 Å². The molecule has 0 spiro atoms. The minimum absolute atomic E-state index is 0.0434. The van der Waals surface area contributed by atoms with Gasteiger partial charge in [0.1, 0.15) is 4.21 Å². The van der Waals surface area contributed by atoms with E-state index in [1.165, 1.54) is 24.3 Å². The van der Waals surface area contributed by atoms with Crippen LogP contribution in [0, 0.1) is 18.6 Å². The number of sulfonamides is 1. The van der Waals surface area contributed by atoms with Gasteiger partial charge in [0.2, 0.25) is 0 Å². The predicted octanol–water partition coefficient (Wildman–Crippen LogP) is 3.67. The molecule has 0 aliphatic carbocycles. The van der Waals surface area contributed by atoms with Crippen molar-refractivity contribution in [3.8, 4) is 0 Å². The van der Waals surface area contributed by atoms with E-state index in [0.29, 0.717) is 0 Å². The number of thiophene rings is 1. The molecule has 2 aromatic heterocycles. The summed E-state index contributed by atoms with van der Waals surface area (Å²) >= 11 is 1.14. The maximum Gasteiger partial charge on any atom is 0.272 e. The van der Waals surface area contributed by atoms with Crippen molar-refractivity contribution in [2.75, 3.05) is 10.0 Å². The number of anilines is 3. The SMILES string of the molecule is Cc1ccc(S(=O)(=O)Nc2ccc(Nc3ccc(F)c(F)c3)nn2)s1. The first kappa shape index (κ1) is 17.2. The Morgan fingerprint density at radius 2 is 1.68 bits per heavy atom. The van der Waals surface area contributed by atoms with Gasteiger partial charge in [-0.25, -0.2) is 17.2 Å². The number of rotatable bonds is 5. The highest BCUT2D eigenvalue weighted by molar-refractivity contribution is 7.94. The second-order valence-corrected chi connectivity index (χ2v) is 8.23. The van der Waals surface area contributed by atoms with Gasteiger partial charge in [-0.3, -0.25) is 4.72 Å². The molecule has 1 aromatic carbocycles. The van der Waals surface area contributed by atoms with Crippen molar-refractivity contribution in [3.05, 3.63) is 59.0 Å². The van der Waals surface area contributed by atoms with Gasteiger partial charge in [-0.05, 0) is 43.3 Å². The zero-order chi connectivity index (χ0) is 18.0. The number of aromatic nitrogens is 2. The molecule has 0 atom stereocenters. The minimum Gasteiger partial charge on any atom is -0.339 e. The molecule has 130 valence electrons. The van der Waals surface area contributed by atoms with Crippen LogP contribution in [0.15, 0.2) is 46.7 Å². The fourth-order valence-electron chi connectivity index (χ4n) is 1.92. The number of hydrogen-bond acceptors (Lipinski definition) is 6. The molecule has 2 heterocycles. The van der Waals surface area contributed by atoms with E-state index in [9.17, 15) is 17.2 Å². The number of nitrogens with zero attached hydrogens (tertiary/aromatic N) is 2. The largest absolute Gasteiger partial charge is 0.339 e. The van der Waals surface area contributed by atoms with Gasteiger partial charge in [-0.1, -0.05) is 0 Å². The molecule has 0 bridgehead atoms.